The molecule has 1 saturated heterocycles. The fourth-order valence-corrected chi connectivity index (χ4v) is 2.89. The molecule has 0 radical (unpaired) electrons. The van der Waals surface area contributed by atoms with Gasteiger partial charge in [-0.1, -0.05) is 25.8 Å². The molecule has 0 spiro atoms. The zero-order valence-corrected chi connectivity index (χ0v) is 13.7. The number of likely N-dealkylation sites (tertiary alicyclic amines) is 1. The second kappa shape index (κ2) is 7.70. The van der Waals surface area contributed by atoms with Crippen LogP contribution < -0.4 is 0 Å². The smallest absolute Gasteiger partial charge is 0.410 e. The molecule has 1 aliphatic rings. The largest absolute Gasteiger partial charge is 0.444 e. The Hall–Kier alpha value is -0.990. The van der Waals surface area contributed by atoms with Gasteiger partial charge >= 0.3 is 6.09 Å². The number of ether oxygens (including phenoxy) is 1. The number of nitrogens with zero attached hydrogens (tertiary/aromatic N) is 1. The van der Waals surface area contributed by atoms with E-state index in [4.69, 9.17) is 4.74 Å². The Balaban J connectivity index is 2.72. The van der Waals surface area contributed by atoms with Crippen LogP contribution in [0.15, 0.2) is 12.7 Å². The summed E-state index contributed by atoms with van der Waals surface area (Å²) < 4.78 is 5.60. The van der Waals surface area contributed by atoms with Crippen molar-refractivity contribution in [2.24, 2.45) is 0 Å². The van der Waals surface area contributed by atoms with Crippen molar-refractivity contribution in [1.29, 1.82) is 0 Å². The van der Waals surface area contributed by atoms with Crippen molar-refractivity contribution in [2.45, 2.75) is 90.3 Å². The van der Waals surface area contributed by atoms with Crippen LogP contribution in [0.4, 0.5) is 4.79 Å². The molecule has 1 amide bonds. The van der Waals surface area contributed by atoms with E-state index >= 15 is 0 Å². The quantitative estimate of drug-likeness (QED) is 0.647. The lowest BCUT2D eigenvalue weighted by Crippen LogP contribution is -2.44. The normalized spacial score (nSPS) is 22.9. The molecule has 2 atom stereocenters. The minimum atomic E-state index is -0.419. The lowest BCUT2D eigenvalue weighted by molar-refractivity contribution is 0.0131. The van der Waals surface area contributed by atoms with Crippen LogP contribution in [0, 0.1) is 0 Å². The summed E-state index contributed by atoms with van der Waals surface area (Å²) in [5, 5.41) is 0. The highest BCUT2D eigenvalue weighted by molar-refractivity contribution is 5.69. The molecular weight excluding hydrogens is 250 g/mol. The number of carbonyl (C=O) groups excluding carboxylic acids is 1. The summed E-state index contributed by atoms with van der Waals surface area (Å²) in [6.45, 7) is 11.8. The van der Waals surface area contributed by atoms with Crippen molar-refractivity contribution >= 4 is 6.09 Å². The summed E-state index contributed by atoms with van der Waals surface area (Å²) in [5.74, 6) is 0. The SMILES string of the molecule is C=CCC[C@@H]1CC[C@H](CCCC)N1C(=O)OC(C)(C)C. The summed E-state index contributed by atoms with van der Waals surface area (Å²) in [6.07, 6.45) is 9.43. The molecule has 0 aromatic rings. The molecular formula is C17H31NO2. The van der Waals surface area contributed by atoms with E-state index in [1.54, 1.807) is 0 Å². The number of carbonyl (C=O) groups is 1. The van der Waals surface area contributed by atoms with Crippen molar-refractivity contribution in [3.05, 3.63) is 12.7 Å². The van der Waals surface area contributed by atoms with E-state index in [9.17, 15) is 4.79 Å². The third-order valence-corrected chi connectivity index (χ3v) is 3.82. The number of hydrogen-bond acceptors (Lipinski definition) is 2. The summed E-state index contributed by atoms with van der Waals surface area (Å²) in [4.78, 5) is 14.5. The molecule has 0 bridgehead atoms. The topological polar surface area (TPSA) is 29.5 Å². The predicted octanol–water partition coefficient (Wildman–Crippen LogP) is 4.91. The van der Waals surface area contributed by atoms with E-state index in [1.165, 1.54) is 12.8 Å². The molecule has 0 N–H and O–H groups in total. The minimum Gasteiger partial charge on any atom is -0.444 e. The summed E-state index contributed by atoms with van der Waals surface area (Å²) in [7, 11) is 0. The molecule has 20 heavy (non-hydrogen) atoms. The van der Waals surface area contributed by atoms with Crippen LogP contribution in [0.5, 0.6) is 0 Å². The number of amides is 1. The average Bonchev–Trinajstić information content (AvgIpc) is 2.74. The number of allylic oxidation sites excluding steroid dienone is 1. The van der Waals surface area contributed by atoms with Gasteiger partial charge in [-0.15, -0.1) is 6.58 Å². The first-order valence-corrected chi connectivity index (χ1v) is 8.01. The van der Waals surface area contributed by atoms with Crippen LogP contribution >= 0.6 is 0 Å². The third-order valence-electron chi connectivity index (χ3n) is 3.82. The lowest BCUT2D eigenvalue weighted by Gasteiger charge is -2.32. The maximum absolute atomic E-state index is 12.5. The molecule has 0 aliphatic carbocycles. The van der Waals surface area contributed by atoms with Gasteiger partial charge in [-0.25, -0.2) is 4.79 Å². The van der Waals surface area contributed by atoms with Gasteiger partial charge in [0.2, 0.25) is 0 Å². The van der Waals surface area contributed by atoms with Crippen molar-refractivity contribution in [3.63, 3.8) is 0 Å². The van der Waals surface area contributed by atoms with Crippen LogP contribution in [0.1, 0.15) is 72.6 Å². The maximum atomic E-state index is 12.5. The number of rotatable bonds is 6. The molecule has 0 aromatic heterocycles. The summed E-state index contributed by atoms with van der Waals surface area (Å²) in [5.41, 5.74) is -0.419. The zero-order valence-electron chi connectivity index (χ0n) is 13.7. The average molecular weight is 281 g/mol. The fourth-order valence-electron chi connectivity index (χ4n) is 2.89. The Labute approximate surface area is 124 Å². The van der Waals surface area contributed by atoms with Crippen molar-refractivity contribution in [2.75, 3.05) is 0 Å². The Morgan fingerprint density at radius 1 is 1.30 bits per heavy atom. The highest BCUT2D eigenvalue weighted by atomic mass is 16.6. The molecule has 1 heterocycles. The minimum absolute atomic E-state index is 0.134. The molecule has 0 aromatic carbocycles. The molecule has 1 fully saturated rings. The van der Waals surface area contributed by atoms with Gasteiger partial charge in [0.1, 0.15) is 5.60 Å². The van der Waals surface area contributed by atoms with Gasteiger partial charge in [0.15, 0.2) is 0 Å². The van der Waals surface area contributed by atoms with Gasteiger partial charge in [-0.05, 0) is 52.9 Å². The van der Waals surface area contributed by atoms with Gasteiger partial charge in [0.25, 0.3) is 0 Å². The van der Waals surface area contributed by atoms with E-state index < -0.39 is 5.60 Å². The molecule has 3 heteroatoms. The number of unbranched alkanes of at least 4 members (excludes halogenated alkanes) is 1. The maximum Gasteiger partial charge on any atom is 0.410 e. The molecule has 0 saturated carbocycles. The lowest BCUT2D eigenvalue weighted by atomic mass is 10.1. The monoisotopic (exact) mass is 281 g/mol. The third kappa shape index (κ3) is 5.18. The second-order valence-electron chi connectivity index (χ2n) is 6.78. The van der Waals surface area contributed by atoms with E-state index in [2.05, 4.69) is 13.5 Å². The molecule has 1 rings (SSSR count). The Kier molecular flexibility index (Phi) is 6.57. The molecule has 3 nitrogen and oxygen atoms in total. The van der Waals surface area contributed by atoms with Crippen LogP contribution in [0.3, 0.4) is 0 Å². The second-order valence-corrected chi connectivity index (χ2v) is 6.78. The highest BCUT2D eigenvalue weighted by Crippen LogP contribution is 2.31. The van der Waals surface area contributed by atoms with Gasteiger partial charge < -0.3 is 9.64 Å². The zero-order chi connectivity index (χ0) is 15.2. The van der Waals surface area contributed by atoms with E-state index in [1.807, 2.05) is 31.7 Å². The molecule has 1 aliphatic heterocycles. The van der Waals surface area contributed by atoms with E-state index in [0.29, 0.717) is 12.1 Å². The molecule has 116 valence electrons. The Morgan fingerprint density at radius 2 is 1.90 bits per heavy atom. The summed E-state index contributed by atoms with van der Waals surface area (Å²) >= 11 is 0. The van der Waals surface area contributed by atoms with Crippen molar-refractivity contribution < 1.29 is 9.53 Å². The van der Waals surface area contributed by atoms with E-state index in [0.717, 1.165) is 32.1 Å². The first kappa shape index (κ1) is 17.1. The van der Waals surface area contributed by atoms with Gasteiger partial charge in [-0.2, -0.15) is 0 Å². The fraction of sp³-hybridized carbons (Fsp3) is 0.824. The summed E-state index contributed by atoms with van der Waals surface area (Å²) in [6, 6.07) is 0.685. The van der Waals surface area contributed by atoms with Crippen LogP contribution in [-0.2, 0) is 4.74 Å². The van der Waals surface area contributed by atoms with Crippen molar-refractivity contribution in [1.82, 2.24) is 4.90 Å². The van der Waals surface area contributed by atoms with Crippen molar-refractivity contribution in [3.8, 4) is 0 Å². The van der Waals surface area contributed by atoms with Gasteiger partial charge in [0.05, 0.1) is 0 Å². The first-order chi connectivity index (χ1) is 9.39. The number of hydrogen-bond donors (Lipinski definition) is 0. The van der Waals surface area contributed by atoms with E-state index in [-0.39, 0.29) is 6.09 Å². The molecule has 0 unspecified atom stereocenters. The first-order valence-electron chi connectivity index (χ1n) is 8.01. The van der Waals surface area contributed by atoms with Crippen LogP contribution in [0.25, 0.3) is 0 Å². The van der Waals surface area contributed by atoms with Crippen LogP contribution in [-0.4, -0.2) is 28.7 Å². The standard InChI is InChI=1S/C17H31NO2/c1-6-8-10-14-12-13-15(11-9-7-2)18(14)16(19)20-17(3,4)5/h6,14-15H,1,7-13H2,2-5H3/t14-,15+/m1/s1. The predicted molar refractivity (Wildman–Crippen MR) is 83.8 cm³/mol. The Bertz CT molecular complexity index is 319. The van der Waals surface area contributed by atoms with Crippen LogP contribution in [0.2, 0.25) is 0 Å². The van der Waals surface area contributed by atoms with Gasteiger partial charge in [0, 0.05) is 12.1 Å². The highest BCUT2D eigenvalue weighted by Gasteiger charge is 2.38. The Morgan fingerprint density at radius 3 is 2.40 bits per heavy atom. The van der Waals surface area contributed by atoms with Gasteiger partial charge in [-0.3, -0.25) is 0 Å².